The molecule has 0 unspecified atom stereocenters. The van der Waals surface area contributed by atoms with Gasteiger partial charge in [-0.3, -0.25) is 0 Å². The van der Waals surface area contributed by atoms with Gasteiger partial charge in [0.1, 0.15) is 15.0 Å². The van der Waals surface area contributed by atoms with Gasteiger partial charge in [-0.25, -0.2) is 9.97 Å². The summed E-state index contributed by atoms with van der Waals surface area (Å²) in [5.74, 6) is 0. The quantitative estimate of drug-likeness (QED) is 0.436. The van der Waals surface area contributed by atoms with Crippen LogP contribution in [0.5, 0.6) is 0 Å². The number of rotatable bonds is 0. The molecule has 5 nitrogen and oxygen atoms in total. The predicted octanol–water partition coefficient (Wildman–Crippen LogP) is 3.04. The predicted molar refractivity (Wildman–Crippen MR) is 79.0 cm³/mol. The Morgan fingerprint density at radius 2 is 2.00 bits per heavy atom. The molecular formula is C14H7N5S. The summed E-state index contributed by atoms with van der Waals surface area (Å²) in [7, 11) is 0. The summed E-state index contributed by atoms with van der Waals surface area (Å²) in [5.41, 5.74) is 3.63. The molecular weight excluding hydrogens is 270 g/mol. The Morgan fingerprint density at radius 3 is 3.00 bits per heavy atom. The number of para-hydroxylation sites is 2. The first-order chi connectivity index (χ1) is 9.92. The van der Waals surface area contributed by atoms with Crippen molar-refractivity contribution in [3.8, 4) is 0 Å². The van der Waals surface area contributed by atoms with Crippen LogP contribution in [0.15, 0.2) is 42.6 Å². The summed E-state index contributed by atoms with van der Waals surface area (Å²) in [6, 6.07) is 11.9. The fourth-order valence-electron chi connectivity index (χ4n) is 2.51. The minimum atomic E-state index is 0.846. The third-order valence-electron chi connectivity index (χ3n) is 3.41. The van der Waals surface area contributed by atoms with Crippen LogP contribution >= 0.6 is 11.3 Å². The number of nitrogens with zero attached hydrogens (tertiary/aromatic N) is 5. The van der Waals surface area contributed by atoms with E-state index in [0.717, 1.165) is 37.1 Å². The first kappa shape index (κ1) is 10.2. The molecule has 0 radical (unpaired) electrons. The summed E-state index contributed by atoms with van der Waals surface area (Å²) in [5, 5.41) is 9.70. The largest absolute Gasteiger partial charge is 0.245 e. The van der Waals surface area contributed by atoms with E-state index in [-0.39, 0.29) is 0 Å². The maximum Gasteiger partial charge on any atom is 0.176 e. The Morgan fingerprint density at radius 1 is 1.05 bits per heavy atom. The molecule has 0 aliphatic rings. The monoisotopic (exact) mass is 277 g/mol. The van der Waals surface area contributed by atoms with Crippen molar-refractivity contribution < 1.29 is 0 Å². The molecule has 0 saturated heterocycles. The van der Waals surface area contributed by atoms with Crippen molar-refractivity contribution >= 4 is 48.5 Å². The van der Waals surface area contributed by atoms with Crippen molar-refractivity contribution in [1.29, 1.82) is 0 Å². The highest BCUT2D eigenvalue weighted by atomic mass is 32.1. The molecule has 4 heterocycles. The first-order valence-electron chi connectivity index (χ1n) is 6.19. The zero-order valence-electron chi connectivity index (χ0n) is 10.2. The van der Waals surface area contributed by atoms with E-state index >= 15 is 0 Å². The van der Waals surface area contributed by atoms with Crippen molar-refractivity contribution in [2.75, 3.05) is 0 Å². The molecule has 5 rings (SSSR count). The summed E-state index contributed by atoms with van der Waals surface area (Å²) >= 11 is 1.61. The van der Waals surface area contributed by atoms with Crippen LogP contribution < -0.4 is 0 Å². The molecule has 0 N–H and O–H groups in total. The Bertz CT molecular complexity index is 1020. The molecule has 4 aromatic heterocycles. The van der Waals surface area contributed by atoms with Gasteiger partial charge < -0.3 is 0 Å². The van der Waals surface area contributed by atoms with E-state index in [1.807, 2.05) is 36.4 Å². The van der Waals surface area contributed by atoms with E-state index in [2.05, 4.69) is 20.3 Å². The molecule has 0 bridgehead atoms. The zero-order chi connectivity index (χ0) is 13.1. The van der Waals surface area contributed by atoms with Gasteiger partial charge in [-0.15, -0.1) is 16.4 Å². The van der Waals surface area contributed by atoms with Crippen molar-refractivity contribution in [2.45, 2.75) is 0 Å². The van der Waals surface area contributed by atoms with Crippen molar-refractivity contribution in [3.63, 3.8) is 0 Å². The number of fused-ring (bicyclic) bond motifs is 7. The fraction of sp³-hybridized carbons (Fsp3) is 0. The number of imidazole rings is 1. The highest BCUT2D eigenvalue weighted by molar-refractivity contribution is 7.26. The minimum Gasteiger partial charge on any atom is -0.245 e. The SMILES string of the molecule is c1ccc2c(c1)nc1c3sc4ncccc4c3nnn21. The summed E-state index contributed by atoms with van der Waals surface area (Å²) in [6.07, 6.45) is 1.80. The lowest BCUT2D eigenvalue weighted by Gasteiger charge is -1.93. The molecule has 94 valence electrons. The number of aromatic nitrogens is 5. The number of hydrogen-bond acceptors (Lipinski definition) is 5. The van der Waals surface area contributed by atoms with Crippen LogP contribution in [0.2, 0.25) is 0 Å². The first-order valence-corrected chi connectivity index (χ1v) is 7.01. The summed E-state index contributed by atoms with van der Waals surface area (Å²) in [6.45, 7) is 0. The molecule has 0 spiro atoms. The molecule has 5 aromatic rings. The van der Waals surface area contributed by atoms with Crippen LogP contribution in [-0.4, -0.2) is 24.8 Å². The third kappa shape index (κ3) is 1.16. The third-order valence-corrected chi connectivity index (χ3v) is 4.51. The van der Waals surface area contributed by atoms with Gasteiger partial charge in [-0.2, -0.15) is 4.52 Å². The average molecular weight is 277 g/mol. The van der Waals surface area contributed by atoms with Gasteiger partial charge in [0.2, 0.25) is 0 Å². The summed E-state index contributed by atoms with van der Waals surface area (Å²) in [4.78, 5) is 10.0. The lowest BCUT2D eigenvalue weighted by molar-refractivity contribution is 0.853. The molecule has 0 atom stereocenters. The zero-order valence-corrected chi connectivity index (χ0v) is 11.0. The van der Waals surface area contributed by atoms with Gasteiger partial charge in [0.05, 0.1) is 11.0 Å². The van der Waals surface area contributed by atoms with E-state index in [1.54, 1.807) is 22.0 Å². The van der Waals surface area contributed by atoms with E-state index in [1.165, 1.54) is 0 Å². The molecule has 1 aromatic carbocycles. The molecule has 20 heavy (non-hydrogen) atoms. The highest BCUT2D eigenvalue weighted by Gasteiger charge is 2.14. The second-order valence-electron chi connectivity index (χ2n) is 4.56. The van der Waals surface area contributed by atoms with Gasteiger partial charge in [-0.05, 0) is 24.3 Å². The molecule has 0 aliphatic heterocycles. The average Bonchev–Trinajstić information content (AvgIpc) is 3.05. The summed E-state index contributed by atoms with van der Waals surface area (Å²) < 4.78 is 2.83. The molecule has 0 saturated carbocycles. The van der Waals surface area contributed by atoms with Gasteiger partial charge in [-0.1, -0.05) is 17.3 Å². The highest BCUT2D eigenvalue weighted by Crippen LogP contribution is 2.33. The molecule has 0 fully saturated rings. The lowest BCUT2D eigenvalue weighted by Crippen LogP contribution is -1.94. The topological polar surface area (TPSA) is 56.0 Å². The Balaban J connectivity index is 2.10. The smallest absolute Gasteiger partial charge is 0.176 e. The van der Waals surface area contributed by atoms with E-state index in [9.17, 15) is 0 Å². The molecule has 6 heteroatoms. The van der Waals surface area contributed by atoms with Crippen molar-refractivity contribution in [1.82, 2.24) is 24.8 Å². The number of benzene rings is 1. The standard InChI is InChI=1S/C14H7N5S/c1-2-6-10-9(5-1)16-13-12-11(17-18-19(10)13)8-4-3-7-15-14(8)20-12/h1-7H. The second-order valence-corrected chi connectivity index (χ2v) is 5.56. The second kappa shape index (κ2) is 3.49. The van der Waals surface area contributed by atoms with Crippen LogP contribution in [0.25, 0.3) is 37.1 Å². The number of hydrogen-bond donors (Lipinski definition) is 0. The van der Waals surface area contributed by atoms with Gasteiger partial charge in [0, 0.05) is 11.6 Å². The maximum absolute atomic E-state index is 4.68. The normalized spacial score (nSPS) is 12.0. The number of pyridine rings is 1. The Labute approximate surface area is 116 Å². The maximum atomic E-state index is 4.68. The fourth-order valence-corrected chi connectivity index (χ4v) is 3.56. The Kier molecular flexibility index (Phi) is 1.78. The van der Waals surface area contributed by atoms with Crippen LogP contribution in [-0.2, 0) is 0 Å². The van der Waals surface area contributed by atoms with Crippen LogP contribution in [0.3, 0.4) is 0 Å². The van der Waals surface area contributed by atoms with Gasteiger partial charge in [0.25, 0.3) is 0 Å². The van der Waals surface area contributed by atoms with E-state index in [0.29, 0.717) is 0 Å². The van der Waals surface area contributed by atoms with Crippen molar-refractivity contribution in [3.05, 3.63) is 42.6 Å². The van der Waals surface area contributed by atoms with Crippen LogP contribution in [0.4, 0.5) is 0 Å². The van der Waals surface area contributed by atoms with Crippen LogP contribution in [0.1, 0.15) is 0 Å². The molecule has 0 aliphatic carbocycles. The molecule has 0 amide bonds. The van der Waals surface area contributed by atoms with Crippen molar-refractivity contribution in [2.24, 2.45) is 0 Å². The number of thiophene rings is 1. The van der Waals surface area contributed by atoms with E-state index in [4.69, 9.17) is 0 Å². The van der Waals surface area contributed by atoms with Gasteiger partial charge in [0.15, 0.2) is 5.65 Å². The van der Waals surface area contributed by atoms with Crippen LogP contribution in [0, 0.1) is 0 Å². The Hall–Kier alpha value is -2.60. The lowest BCUT2D eigenvalue weighted by atomic mass is 10.3. The van der Waals surface area contributed by atoms with Gasteiger partial charge >= 0.3 is 0 Å². The minimum absolute atomic E-state index is 0.846. The van der Waals surface area contributed by atoms with E-state index < -0.39 is 0 Å².